The minimum absolute atomic E-state index is 0.0576. The molecule has 0 aromatic heterocycles. The van der Waals surface area contributed by atoms with E-state index in [1.165, 1.54) is 6.92 Å². The van der Waals surface area contributed by atoms with E-state index in [2.05, 4.69) is 18.2 Å². The highest BCUT2D eigenvalue weighted by atomic mass is 16.2. The molecular formula is C17H19N5O. The third kappa shape index (κ3) is 2.35. The van der Waals surface area contributed by atoms with Gasteiger partial charge >= 0.3 is 0 Å². The molecule has 6 nitrogen and oxygen atoms in total. The largest absolute Gasteiger partial charge is 0.399 e. The summed E-state index contributed by atoms with van der Waals surface area (Å²) in [7, 11) is 0. The summed E-state index contributed by atoms with van der Waals surface area (Å²) in [5.74, 6) is -0.599. The summed E-state index contributed by atoms with van der Waals surface area (Å²) in [5.41, 5.74) is 5.66. The number of amides is 1. The molecule has 2 atom stereocenters. The molecule has 0 aromatic carbocycles. The standard InChI is InChI=1S/C17H19N5O/c1-3-4-15-14-8-22(11(2)23)6-5-12(14)13(7-18)16(21)17(15,9-19)10-20/h5,14-15H,3-4,6,8,21H2,1-2H3/t14-,15+/m0/s1. The molecule has 1 aliphatic carbocycles. The number of nitriles is 3. The van der Waals surface area contributed by atoms with E-state index in [9.17, 15) is 20.6 Å². The molecule has 2 aliphatic rings. The first-order chi connectivity index (χ1) is 11.0. The van der Waals surface area contributed by atoms with Gasteiger partial charge in [0.1, 0.15) is 6.07 Å². The van der Waals surface area contributed by atoms with E-state index in [4.69, 9.17) is 5.73 Å². The molecule has 0 radical (unpaired) electrons. The van der Waals surface area contributed by atoms with Crippen molar-refractivity contribution < 1.29 is 4.79 Å². The molecular weight excluding hydrogens is 290 g/mol. The average molecular weight is 309 g/mol. The monoisotopic (exact) mass is 309 g/mol. The highest BCUT2D eigenvalue weighted by molar-refractivity contribution is 5.74. The van der Waals surface area contributed by atoms with Crippen LogP contribution in [0.1, 0.15) is 26.7 Å². The molecule has 0 bridgehead atoms. The summed E-state index contributed by atoms with van der Waals surface area (Å²) in [5, 5.41) is 28.9. The number of carbonyl (C=O) groups excluding carboxylic acids is 1. The van der Waals surface area contributed by atoms with Crippen LogP contribution in [0.4, 0.5) is 0 Å². The van der Waals surface area contributed by atoms with Crippen molar-refractivity contribution in [2.24, 2.45) is 23.0 Å². The topological polar surface area (TPSA) is 118 Å². The van der Waals surface area contributed by atoms with E-state index < -0.39 is 5.41 Å². The lowest BCUT2D eigenvalue weighted by molar-refractivity contribution is -0.129. The van der Waals surface area contributed by atoms with Crippen LogP contribution in [0.5, 0.6) is 0 Å². The molecule has 0 spiro atoms. The van der Waals surface area contributed by atoms with Gasteiger partial charge < -0.3 is 10.6 Å². The lowest BCUT2D eigenvalue weighted by Gasteiger charge is -2.45. The highest BCUT2D eigenvalue weighted by Crippen LogP contribution is 2.50. The predicted octanol–water partition coefficient (Wildman–Crippen LogP) is 1.59. The first kappa shape index (κ1) is 16.6. The number of nitrogens with two attached hydrogens (primary N) is 1. The van der Waals surface area contributed by atoms with Crippen molar-refractivity contribution >= 4 is 5.91 Å². The van der Waals surface area contributed by atoms with E-state index in [0.717, 1.165) is 12.0 Å². The lowest BCUT2D eigenvalue weighted by atomic mass is 9.59. The fourth-order valence-corrected chi connectivity index (χ4v) is 3.68. The molecule has 6 heteroatoms. The Hall–Kier alpha value is -2.78. The Balaban J connectivity index is 2.68. The van der Waals surface area contributed by atoms with Crippen molar-refractivity contribution in [3.8, 4) is 18.2 Å². The zero-order chi connectivity index (χ0) is 17.2. The summed E-state index contributed by atoms with van der Waals surface area (Å²) >= 11 is 0. The molecule has 118 valence electrons. The molecule has 0 fully saturated rings. The van der Waals surface area contributed by atoms with Crippen LogP contribution in [-0.2, 0) is 4.79 Å². The van der Waals surface area contributed by atoms with Gasteiger partial charge in [0.25, 0.3) is 0 Å². The second-order valence-corrected chi connectivity index (χ2v) is 6.02. The predicted molar refractivity (Wildman–Crippen MR) is 82.7 cm³/mol. The number of nitrogens with zero attached hydrogens (tertiary/aromatic N) is 4. The molecule has 0 aromatic rings. The van der Waals surface area contributed by atoms with Gasteiger partial charge in [0.15, 0.2) is 5.41 Å². The van der Waals surface area contributed by atoms with Gasteiger partial charge in [0.2, 0.25) is 5.91 Å². The molecule has 23 heavy (non-hydrogen) atoms. The number of carbonyl (C=O) groups is 1. The van der Waals surface area contributed by atoms with Gasteiger partial charge in [0, 0.05) is 31.8 Å². The minimum atomic E-state index is -1.51. The fourth-order valence-electron chi connectivity index (χ4n) is 3.68. The number of hydrogen-bond acceptors (Lipinski definition) is 5. The average Bonchev–Trinajstić information content (AvgIpc) is 2.56. The molecule has 0 saturated carbocycles. The van der Waals surface area contributed by atoms with Crippen LogP contribution in [0.25, 0.3) is 0 Å². The van der Waals surface area contributed by atoms with Crippen LogP contribution in [0, 0.1) is 51.2 Å². The van der Waals surface area contributed by atoms with Crippen molar-refractivity contribution in [2.75, 3.05) is 13.1 Å². The number of rotatable bonds is 2. The second-order valence-electron chi connectivity index (χ2n) is 6.02. The summed E-state index contributed by atoms with van der Waals surface area (Å²) in [6.45, 7) is 4.31. The maximum atomic E-state index is 11.7. The third-order valence-corrected chi connectivity index (χ3v) is 4.88. The van der Waals surface area contributed by atoms with Crippen LogP contribution in [-0.4, -0.2) is 23.9 Å². The van der Waals surface area contributed by atoms with E-state index >= 15 is 0 Å². The maximum Gasteiger partial charge on any atom is 0.219 e. The van der Waals surface area contributed by atoms with E-state index in [-0.39, 0.29) is 29.0 Å². The van der Waals surface area contributed by atoms with E-state index in [0.29, 0.717) is 19.5 Å². The normalized spacial score (nSPS) is 25.5. The molecule has 0 saturated heterocycles. The Morgan fingerprint density at radius 2 is 2.09 bits per heavy atom. The quantitative estimate of drug-likeness (QED) is 0.831. The Labute approximate surface area is 136 Å². The van der Waals surface area contributed by atoms with E-state index in [1.54, 1.807) is 4.90 Å². The van der Waals surface area contributed by atoms with Crippen molar-refractivity contribution in [3.63, 3.8) is 0 Å². The van der Waals surface area contributed by atoms with Crippen molar-refractivity contribution in [1.29, 1.82) is 15.8 Å². The summed E-state index contributed by atoms with van der Waals surface area (Å²) in [6, 6.07) is 6.20. The Morgan fingerprint density at radius 3 is 2.57 bits per heavy atom. The van der Waals surface area contributed by atoms with Crippen molar-refractivity contribution in [2.45, 2.75) is 26.7 Å². The van der Waals surface area contributed by atoms with E-state index in [1.807, 2.05) is 13.0 Å². The van der Waals surface area contributed by atoms with Crippen molar-refractivity contribution in [1.82, 2.24) is 4.90 Å². The van der Waals surface area contributed by atoms with Gasteiger partial charge in [-0.2, -0.15) is 15.8 Å². The first-order valence-electron chi connectivity index (χ1n) is 7.65. The summed E-state index contributed by atoms with van der Waals surface area (Å²) in [4.78, 5) is 13.4. The second kappa shape index (κ2) is 6.15. The maximum absolute atomic E-state index is 11.7. The smallest absolute Gasteiger partial charge is 0.219 e. The Morgan fingerprint density at radius 1 is 1.43 bits per heavy atom. The summed E-state index contributed by atoms with van der Waals surface area (Å²) in [6.07, 6.45) is 3.26. The molecule has 2 N–H and O–H groups in total. The lowest BCUT2D eigenvalue weighted by Crippen LogP contribution is -2.50. The molecule has 1 aliphatic heterocycles. The van der Waals surface area contributed by atoms with Gasteiger partial charge in [-0.15, -0.1) is 0 Å². The van der Waals surface area contributed by atoms with Crippen molar-refractivity contribution in [3.05, 3.63) is 22.9 Å². The number of allylic oxidation sites excluding steroid dienone is 2. The number of fused-ring (bicyclic) bond motifs is 1. The zero-order valence-corrected chi connectivity index (χ0v) is 13.3. The molecule has 0 unspecified atom stereocenters. The SMILES string of the molecule is CCC[C@@H]1[C@H]2CN(C(C)=O)CC=C2C(C#N)=C(N)C1(C#N)C#N. The highest BCUT2D eigenvalue weighted by Gasteiger charge is 2.53. The van der Waals surface area contributed by atoms with Gasteiger partial charge in [-0.25, -0.2) is 0 Å². The van der Waals surface area contributed by atoms with Crippen LogP contribution in [0.2, 0.25) is 0 Å². The fraction of sp³-hybridized carbons (Fsp3) is 0.529. The molecule has 1 heterocycles. The Kier molecular flexibility index (Phi) is 4.43. The molecule has 1 amide bonds. The van der Waals surface area contributed by atoms with Crippen LogP contribution >= 0.6 is 0 Å². The van der Waals surface area contributed by atoms with Gasteiger partial charge in [0.05, 0.1) is 23.4 Å². The Bertz CT molecular complexity index is 699. The number of hydrogen-bond donors (Lipinski definition) is 1. The first-order valence-corrected chi connectivity index (χ1v) is 7.65. The van der Waals surface area contributed by atoms with Crippen LogP contribution in [0.15, 0.2) is 22.9 Å². The minimum Gasteiger partial charge on any atom is -0.399 e. The van der Waals surface area contributed by atoms with Crippen LogP contribution in [0.3, 0.4) is 0 Å². The van der Waals surface area contributed by atoms with Crippen LogP contribution < -0.4 is 5.73 Å². The zero-order valence-electron chi connectivity index (χ0n) is 13.3. The summed E-state index contributed by atoms with van der Waals surface area (Å²) < 4.78 is 0. The van der Waals surface area contributed by atoms with Gasteiger partial charge in [-0.3, -0.25) is 4.79 Å². The third-order valence-electron chi connectivity index (χ3n) is 4.88. The van der Waals surface area contributed by atoms with Gasteiger partial charge in [-0.05, 0) is 12.0 Å². The molecule has 2 rings (SSSR count). The van der Waals surface area contributed by atoms with Gasteiger partial charge in [-0.1, -0.05) is 19.4 Å².